The molecule has 4 rings (SSSR count). The summed E-state index contributed by atoms with van der Waals surface area (Å²) in [6.07, 6.45) is 10.8. The van der Waals surface area contributed by atoms with Gasteiger partial charge in [0.15, 0.2) is 5.82 Å². The van der Waals surface area contributed by atoms with Crippen molar-refractivity contribution in [2.75, 3.05) is 40.1 Å². The Labute approximate surface area is 206 Å². The average molecular weight is 484 g/mol. The first-order valence-electron chi connectivity index (χ1n) is 12.4. The zero-order chi connectivity index (χ0) is 24.5. The first kappa shape index (κ1) is 25.4. The molecule has 0 radical (unpaired) electrons. The number of halogens is 1. The zero-order valence-electron chi connectivity index (χ0n) is 20.3. The molecule has 0 amide bonds. The van der Waals surface area contributed by atoms with Crippen molar-refractivity contribution in [1.82, 2.24) is 20.3 Å². The maximum absolute atomic E-state index is 14.7. The van der Waals surface area contributed by atoms with Crippen LogP contribution in [-0.4, -0.2) is 61.1 Å². The summed E-state index contributed by atoms with van der Waals surface area (Å²) in [7, 11) is 1.72. The highest BCUT2D eigenvalue weighted by molar-refractivity contribution is 5.59. The molecule has 0 spiro atoms. The molecule has 0 bridgehead atoms. The lowest BCUT2D eigenvalue weighted by molar-refractivity contribution is 0.0182. The summed E-state index contributed by atoms with van der Waals surface area (Å²) in [5.74, 6) is 0.369. The number of hydrogen-bond donors (Lipinski definition) is 1. The van der Waals surface area contributed by atoms with Gasteiger partial charge in [0.2, 0.25) is 5.88 Å². The number of nitrogens with zero attached hydrogens (tertiary/aromatic N) is 4. The minimum atomic E-state index is -0.594. The fourth-order valence-electron chi connectivity index (χ4n) is 4.83. The van der Waals surface area contributed by atoms with E-state index in [4.69, 9.17) is 14.2 Å². The molecule has 1 saturated carbocycles. The highest BCUT2D eigenvalue weighted by atomic mass is 19.1. The molecule has 1 aliphatic heterocycles. The predicted octanol–water partition coefficient (Wildman–Crippen LogP) is 3.71. The Morgan fingerprint density at radius 3 is 2.74 bits per heavy atom. The topological polar surface area (TPSA) is 102 Å². The summed E-state index contributed by atoms with van der Waals surface area (Å²) in [4.78, 5) is 13.0. The lowest BCUT2D eigenvalue weighted by atomic mass is 9.83. The first-order chi connectivity index (χ1) is 17.1. The molecule has 35 heavy (non-hydrogen) atoms. The largest absolute Gasteiger partial charge is 0.475 e. The van der Waals surface area contributed by atoms with Crippen LogP contribution in [-0.2, 0) is 15.9 Å². The molecular weight excluding hydrogens is 449 g/mol. The van der Waals surface area contributed by atoms with Gasteiger partial charge in [0.25, 0.3) is 0 Å². The lowest BCUT2D eigenvalue weighted by Crippen LogP contribution is -2.35. The van der Waals surface area contributed by atoms with Crippen molar-refractivity contribution in [2.24, 2.45) is 11.3 Å². The number of nitrogens with one attached hydrogen (secondary N) is 1. The molecule has 8 nitrogen and oxygen atoms in total. The minimum absolute atomic E-state index is 0.206. The SMILES string of the molecule is COCCNC1CCC(Cc2cc(-c3cncc(OCC4(C#N)CCOCC4)n3)c(F)cn2)CC1. The van der Waals surface area contributed by atoms with E-state index in [1.165, 1.54) is 18.6 Å². The molecule has 1 aliphatic carbocycles. The number of rotatable bonds is 10. The highest BCUT2D eigenvalue weighted by Crippen LogP contribution is 2.31. The van der Waals surface area contributed by atoms with Crippen LogP contribution in [0.4, 0.5) is 4.39 Å². The fourth-order valence-corrected chi connectivity index (χ4v) is 4.83. The first-order valence-corrected chi connectivity index (χ1v) is 12.4. The number of ether oxygens (including phenoxy) is 3. The molecule has 2 aromatic rings. The molecule has 0 aromatic carbocycles. The van der Waals surface area contributed by atoms with Crippen molar-refractivity contribution in [3.63, 3.8) is 0 Å². The monoisotopic (exact) mass is 483 g/mol. The molecule has 0 atom stereocenters. The van der Waals surface area contributed by atoms with E-state index in [1.54, 1.807) is 13.2 Å². The number of methoxy groups -OCH3 is 1. The number of pyridine rings is 1. The Morgan fingerprint density at radius 2 is 2.00 bits per heavy atom. The van der Waals surface area contributed by atoms with Gasteiger partial charge in [0.05, 0.1) is 42.4 Å². The predicted molar refractivity (Wildman–Crippen MR) is 128 cm³/mol. The molecule has 3 heterocycles. The normalized spacial score (nSPS) is 21.9. The van der Waals surface area contributed by atoms with Crippen molar-refractivity contribution >= 4 is 0 Å². The van der Waals surface area contributed by atoms with E-state index < -0.39 is 11.2 Å². The van der Waals surface area contributed by atoms with Gasteiger partial charge in [0.1, 0.15) is 6.61 Å². The van der Waals surface area contributed by atoms with Crippen LogP contribution in [0.2, 0.25) is 0 Å². The maximum Gasteiger partial charge on any atom is 0.232 e. The Hall–Kier alpha value is -2.67. The molecule has 2 aromatic heterocycles. The van der Waals surface area contributed by atoms with Crippen LogP contribution in [0.15, 0.2) is 24.7 Å². The van der Waals surface area contributed by atoms with Gasteiger partial charge in [-0.25, -0.2) is 9.37 Å². The van der Waals surface area contributed by atoms with E-state index in [1.807, 2.05) is 0 Å². The van der Waals surface area contributed by atoms with E-state index in [0.29, 0.717) is 49.3 Å². The van der Waals surface area contributed by atoms with Crippen LogP contribution in [0.1, 0.15) is 44.2 Å². The molecular formula is C26H34FN5O3. The number of aromatic nitrogens is 3. The Kier molecular flexibility index (Phi) is 8.96. The smallest absolute Gasteiger partial charge is 0.232 e. The standard InChI is InChI=1S/C26H34FN5O3/c1-33-11-8-30-20-4-2-19(3-5-20)12-21-13-22(23(27)14-31-21)24-15-29-16-25(32-24)35-18-26(17-28)6-9-34-10-7-26/h13-16,19-20,30H,2-12,18H2,1H3. The van der Waals surface area contributed by atoms with E-state index in [-0.39, 0.29) is 12.5 Å². The minimum Gasteiger partial charge on any atom is -0.475 e. The van der Waals surface area contributed by atoms with E-state index in [9.17, 15) is 9.65 Å². The summed E-state index contributed by atoms with van der Waals surface area (Å²) >= 11 is 0. The quantitative estimate of drug-likeness (QED) is 0.510. The third kappa shape index (κ3) is 6.94. The van der Waals surface area contributed by atoms with Gasteiger partial charge in [-0.3, -0.25) is 9.97 Å². The molecule has 188 valence electrons. The molecule has 2 aliphatic rings. The van der Waals surface area contributed by atoms with Crippen molar-refractivity contribution in [2.45, 2.75) is 51.0 Å². The van der Waals surface area contributed by atoms with Gasteiger partial charge in [0, 0.05) is 44.2 Å². The maximum atomic E-state index is 14.7. The van der Waals surface area contributed by atoms with Crippen LogP contribution < -0.4 is 10.1 Å². The second kappa shape index (κ2) is 12.3. The molecule has 0 unspecified atom stereocenters. The average Bonchev–Trinajstić information content (AvgIpc) is 2.90. The summed E-state index contributed by atoms with van der Waals surface area (Å²) in [6, 6.07) is 4.69. The number of hydrogen-bond acceptors (Lipinski definition) is 8. The molecule has 1 saturated heterocycles. The molecule has 9 heteroatoms. The van der Waals surface area contributed by atoms with Crippen LogP contribution in [0.5, 0.6) is 5.88 Å². The van der Waals surface area contributed by atoms with E-state index in [2.05, 4.69) is 26.3 Å². The van der Waals surface area contributed by atoms with Crippen LogP contribution in [0.3, 0.4) is 0 Å². The van der Waals surface area contributed by atoms with E-state index >= 15 is 0 Å². The third-order valence-electron chi connectivity index (χ3n) is 7.07. The van der Waals surface area contributed by atoms with Crippen molar-refractivity contribution in [1.29, 1.82) is 5.26 Å². The highest BCUT2D eigenvalue weighted by Gasteiger charge is 2.34. The Bertz CT molecular complexity index is 1000. The van der Waals surface area contributed by atoms with Gasteiger partial charge >= 0.3 is 0 Å². The van der Waals surface area contributed by atoms with Crippen LogP contribution in [0, 0.1) is 28.5 Å². The van der Waals surface area contributed by atoms with Gasteiger partial charge in [-0.05, 0) is 56.9 Å². The summed E-state index contributed by atoms with van der Waals surface area (Å²) < 4.78 is 31.0. The summed E-state index contributed by atoms with van der Waals surface area (Å²) in [5.41, 5.74) is 1.02. The Morgan fingerprint density at radius 1 is 1.20 bits per heavy atom. The lowest BCUT2D eigenvalue weighted by Gasteiger charge is -2.30. The third-order valence-corrected chi connectivity index (χ3v) is 7.07. The van der Waals surface area contributed by atoms with Gasteiger partial charge < -0.3 is 19.5 Å². The Balaban J connectivity index is 1.38. The second-order valence-corrected chi connectivity index (χ2v) is 9.56. The zero-order valence-corrected chi connectivity index (χ0v) is 20.3. The second-order valence-electron chi connectivity index (χ2n) is 9.56. The van der Waals surface area contributed by atoms with Crippen molar-refractivity contribution in [3.05, 3.63) is 36.2 Å². The van der Waals surface area contributed by atoms with Gasteiger partial charge in [-0.2, -0.15) is 5.26 Å². The van der Waals surface area contributed by atoms with Gasteiger partial charge in [-0.1, -0.05) is 0 Å². The molecule has 1 N–H and O–H groups in total. The fraction of sp³-hybridized carbons (Fsp3) is 0.615. The van der Waals surface area contributed by atoms with Crippen molar-refractivity contribution in [3.8, 4) is 23.2 Å². The van der Waals surface area contributed by atoms with Crippen molar-refractivity contribution < 1.29 is 18.6 Å². The van der Waals surface area contributed by atoms with Crippen LogP contribution in [0.25, 0.3) is 11.3 Å². The summed E-state index contributed by atoms with van der Waals surface area (Å²) in [6.45, 7) is 2.90. The summed E-state index contributed by atoms with van der Waals surface area (Å²) in [5, 5.41) is 13.2. The molecule has 2 fully saturated rings. The van der Waals surface area contributed by atoms with Crippen LogP contribution >= 0.6 is 0 Å². The number of nitriles is 1. The van der Waals surface area contributed by atoms with E-state index in [0.717, 1.165) is 50.9 Å². The van der Waals surface area contributed by atoms with Gasteiger partial charge in [-0.15, -0.1) is 0 Å².